The molecule has 28 heavy (non-hydrogen) atoms. The Morgan fingerprint density at radius 2 is 1.11 bits per heavy atom. The van der Waals surface area contributed by atoms with E-state index in [4.69, 9.17) is 0 Å². The zero-order valence-electron chi connectivity index (χ0n) is 19.4. The van der Waals surface area contributed by atoms with E-state index >= 15 is 0 Å². The van der Waals surface area contributed by atoms with Crippen LogP contribution in [0.2, 0.25) is 0 Å². The SMILES string of the molecule is C=CC(c1ccccc1)[PH](CCCCCC)(CCCCCC)CCCCCC. The van der Waals surface area contributed by atoms with Gasteiger partial charge in [0.1, 0.15) is 0 Å². The molecule has 0 aliphatic rings. The van der Waals surface area contributed by atoms with Crippen molar-refractivity contribution in [3.8, 4) is 0 Å². The van der Waals surface area contributed by atoms with E-state index in [-0.39, 0.29) is 0 Å². The molecule has 162 valence electrons. The van der Waals surface area contributed by atoms with Crippen LogP contribution in [0.25, 0.3) is 0 Å². The third kappa shape index (κ3) is 9.26. The molecule has 1 atom stereocenters. The van der Waals surface area contributed by atoms with Crippen LogP contribution in [0.3, 0.4) is 0 Å². The molecular formula is C27H49P. The number of unbranched alkanes of at least 4 members (excludes halogenated alkanes) is 9. The van der Waals surface area contributed by atoms with Gasteiger partial charge >= 0.3 is 178 Å². The number of benzene rings is 1. The number of hydrogen-bond acceptors (Lipinski definition) is 0. The quantitative estimate of drug-likeness (QED) is 0.130. The van der Waals surface area contributed by atoms with E-state index in [0.717, 1.165) is 0 Å². The fourth-order valence-corrected chi connectivity index (χ4v) is 10.9. The van der Waals surface area contributed by atoms with E-state index in [2.05, 4.69) is 63.8 Å². The first-order chi connectivity index (χ1) is 13.7. The molecule has 0 saturated heterocycles. The molecule has 0 nitrogen and oxygen atoms in total. The molecule has 0 spiro atoms. The zero-order valence-corrected chi connectivity index (χ0v) is 20.4. The van der Waals surface area contributed by atoms with Crippen LogP contribution >= 0.6 is 7.26 Å². The van der Waals surface area contributed by atoms with Crippen LogP contribution in [0, 0.1) is 0 Å². The van der Waals surface area contributed by atoms with Crippen molar-refractivity contribution in [2.24, 2.45) is 0 Å². The van der Waals surface area contributed by atoms with Crippen molar-refractivity contribution in [1.29, 1.82) is 0 Å². The zero-order chi connectivity index (χ0) is 20.5. The van der Waals surface area contributed by atoms with Crippen LogP contribution in [-0.4, -0.2) is 18.5 Å². The van der Waals surface area contributed by atoms with Crippen LogP contribution in [0.4, 0.5) is 0 Å². The van der Waals surface area contributed by atoms with Gasteiger partial charge in [0.05, 0.1) is 0 Å². The van der Waals surface area contributed by atoms with E-state index < -0.39 is 7.26 Å². The first-order valence-electron chi connectivity index (χ1n) is 12.4. The monoisotopic (exact) mass is 404 g/mol. The average Bonchev–Trinajstić information content (AvgIpc) is 2.73. The van der Waals surface area contributed by atoms with Gasteiger partial charge in [-0.2, -0.15) is 0 Å². The predicted octanol–water partition coefficient (Wildman–Crippen LogP) is 9.40. The molecule has 1 aromatic carbocycles. The minimum atomic E-state index is -1.43. The van der Waals surface area contributed by atoms with Gasteiger partial charge in [-0.1, -0.05) is 0 Å². The molecule has 0 saturated carbocycles. The Morgan fingerprint density at radius 1 is 0.679 bits per heavy atom. The number of rotatable bonds is 18. The first kappa shape index (κ1) is 25.4. The summed E-state index contributed by atoms with van der Waals surface area (Å²) in [6.07, 6.45) is 23.7. The molecule has 0 amide bonds. The maximum atomic E-state index is 4.37. The van der Waals surface area contributed by atoms with Crippen molar-refractivity contribution in [1.82, 2.24) is 0 Å². The van der Waals surface area contributed by atoms with Gasteiger partial charge in [-0.3, -0.25) is 0 Å². The second-order valence-electron chi connectivity index (χ2n) is 8.92. The van der Waals surface area contributed by atoms with Gasteiger partial charge in [0.15, 0.2) is 0 Å². The Kier molecular flexibility index (Phi) is 14.7. The van der Waals surface area contributed by atoms with Gasteiger partial charge in [-0.05, 0) is 0 Å². The molecule has 1 aromatic rings. The van der Waals surface area contributed by atoms with E-state index in [1.807, 2.05) is 0 Å². The summed E-state index contributed by atoms with van der Waals surface area (Å²) < 4.78 is 0. The summed E-state index contributed by atoms with van der Waals surface area (Å²) >= 11 is 0. The fourth-order valence-electron chi connectivity index (χ4n) is 4.95. The summed E-state index contributed by atoms with van der Waals surface area (Å²) in [6.45, 7) is 11.4. The molecule has 1 rings (SSSR count). The van der Waals surface area contributed by atoms with E-state index in [1.54, 1.807) is 5.56 Å². The predicted molar refractivity (Wildman–Crippen MR) is 135 cm³/mol. The Bertz CT molecular complexity index is 447. The summed E-state index contributed by atoms with van der Waals surface area (Å²) in [5.74, 6) is 0. The summed E-state index contributed by atoms with van der Waals surface area (Å²) in [4.78, 5) is 0. The van der Waals surface area contributed by atoms with Crippen molar-refractivity contribution in [3.05, 3.63) is 48.6 Å². The molecule has 1 heteroatoms. The van der Waals surface area contributed by atoms with E-state index in [0.29, 0.717) is 5.66 Å². The molecule has 0 radical (unpaired) electrons. The fraction of sp³-hybridized carbons (Fsp3) is 0.704. The summed E-state index contributed by atoms with van der Waals surface area (Å²) in [5, 5.41) is 0. The standard InChI is InChI=1S/C27H49P/c1-5-9-12-18-23-28(24-19-13-10-6-2,25-20-14-11-7-3)27(8-4)26-21-16-15-17-22-26/h8,15-17,21-22,27-28H,4-7,9-14,18-20,23-25H2,1-3H3. The molecule has 0 aliphatic carbocycles. The topological polar surface area (TPSA) is 0 Å². The second-order valence-corrected chi connectivity index (χ2v) is 13.8. The Balaban J connectivity index is 3.04. The second kappa shape index (κ2) is 16.2. The molecule has 1 unspecified atom stereocenters. The molecule has 0 bridgehead atoms. The Labute approximate surface area is 177 Å². The van der Waals surface area contributed by atoms with Gasteiger partial charge in [-0.15, -0.1) is 0 Å². The van der Waals surface area contributed by atoms with E-state index in [1.165, 1.54) is 95.5 Å². The normalized spacial score (nSPS) is 13.4. The van der Waals surface area contributed by atoms with Crippen LogP contribution in [0.1, 0.15) is 109 Å². The van der Waals surface area contributed by atoms with Crippen molar-refractivity contribution in [2.45, 2.75) is 103 Å². The molecule has 0 fully saturated rings. The number of allylic oxidation sites excluding steroid dienone is 1. The molecule has 0 heterocycles. The molecule has 0 aliphatic heterocycles. The van der Waals surface area contributed by atoms with Gasteiger partial charge in [0.25, 0.3) is 0 Å². The van der Waals surface area contributed by atoms with Gasteiger partial charge in [-0.25, -0.2) is 0 Å². The van der Waals surface area contributed by atoms with Crippen LogP contribution in [0.15, 0.2) is 43.0 Å². The maximum absolute atomic E-state index is 4.37. The molecular weight excluding hydrogens is 355 g/mol. The van der Waals surface area contributed by atoms with Gasteiger partial charge in [0, 0.05) is 0 Å². The summed E-state index contributed by atoms with van der Waals surface area (Å²) in [5.41, 5.74) is 2.18. The van der Waals surface area contributed by atoms with Crippen LogP contribution < -0.4 is 0 Å². The Hall–Kier alpha value is -0.610. The Morgan fingerprint density at radius 3 is 1.46 bits per heavy atom. The van der Waals surface area contributed by atoms with E-state index in [9.17, 15) is 0 Å². The van der Waals surface area contributed by atoms with Crippen molar-refractivity contribution in [3.63, 3.8) is 0 Å². The molecule has 0 aromatic heterocycles. The third-order valence-corrected chi connectivity index (χ3v) is 12.6. The van der Waals surface area contributed by atoms with Gasteiger partial charge < -0.3 is 0 Å². The van der Waals surface area contributed by atoms with Crippen LogP contribution in [0.5, 0.6) is 0 Å². The van der Waals surface area contributed by atoms with Crippen molar-refractivity contribution in [2.75, 3.05) is 18.5 Å². The first-order valence-corrected chi connectivity index (χ1v) is 15.1. The van der Waals surface area contributed by atoms with Crippen molar-refractivity contribution >= 4 is 7.26 Å². The van der Waals surface area contributed by atoms with Crippen LogP contribution in [-0.2, 0) is 0 Å². The number of hydrogen-bond donors (Lipinski definition) is 0. The summed E-state index contributed by atoms with van der Waals surface area (Å²) in [6, 6.07) is 11.4. The minimum absolute atomic E-state index is 0.638. The van der Waals surface area contributed by atoms with Crippen molar-refractivity contribution < 1.29 is 0 Å². The molecule has 0 N–H and O–H groups in total. The summed E-state index contributed by atoms with van der Waals surface area (Å²) in [7, 11) is -1.43. The van der Waals surface area contributed by atoms with Gasteiger partial charge in [0.2, 0.25) is 0 Å². The average molecular weight is 405 g/mol. The third-order valence-electron chi connectivity index (χ3n) is 6.64.